The van der Waals surface area contributed by atoms with Crippen LogP contribution in [0.25, 0.3) is 22.3 Å². The molecule has 0 bridgehead atoms. The number of rotatable bonds is 6. The molecule has 1 atom stereocenters. The molecule has 0 spiro atoms. The van der Waals surface area contributed by atoms with Gasteiger partial charge in [-0.2, -0.15) is 0 Å². The van der Waals surface area contributed by atoms with E-state index in [-0.39, 0.29) is 17.8 Å². The van der Waals surface area contributed by atoms with Gasteiger partial charge in [0.1, 0.15) is 10.0 Å². The monoisotopic (exact) mass is 564 g/mol. The Morgan fingerprint density at radius 3 is 2.59 bits per heavy atom. The number of nitrogens with one attached hydrogen (secondary N) is 2. The number of anilines is 3. The SMILES string of the molecule is O=C1Nc2ccccc2C(c2ccccc2)=N[C@@H]1Nc1nnc(-c2nc(-c3ccccn3)sc2N2CCOCC2)o1. The summed E-state index contributed by atoms with van der Waals surface area (Å²) < 4.78 is 11.6. The lowest BCUT2D eigenvalue weighted by Gasteiger charge is -2.27. The van der Waals surface area contributed by atoms with E-state index in [1.54, 1.807) is 6.20 Å². The summed E-state index contributed by atoms with van der Waals surface area (Å²) in [5.74, 6) is -0.111. The molecule has 0 radical (unpaired) electrons. The maximum atomic E-state index is 13.2. The van der Waals surface area contributed by atoms with Gasteiger partial charge in [-0.25, -0.2) is 9.98 Å². The first-order valence-corrected chi connectivity index (χ1v) is 13.9. The van der Waals surface area contributed by atoms with E-state index in [1.165, 1.54) is 11.3 Å². The van der Waals surface area contributed by atoms with Crippen molar-refractivity contribution in [3.63, 3.8) is 0 Å². The van der Waals surface area contributed by atoms with Crippen molar-refractivity contribution in [2.24, 2.45) is 4.99 Å². The van der Waals surface area contributed by atoms with Gasteiger partial charge in [0.05, 0.1) is 30.3 Å². The van der Waals surface area contributed by atoms with Crippen LogP contribution in [0.15, 0.2) is 88.4 Å². The molecule has 12 heteroatoms. The van der Waals surface area contributed by atoms with Crippen molar-refractivity contribution in [3.8, 4) is 22.3 Å². The summed E-state index contributed by atoms with van der Waals surface area (Å²) in [6.07, 6.45) is 0.726. The van der Waals surface area contributed by atoms with Crippen molar-refractivity contribution in [1.82, 2.24) is 20.2 Å². The lowest BCUT2D eigenvalue weighted by Crippen LogP contribution is -2.35. The van der Waals surface area contributed by atoms with Crippen LogP contribution in [-0.4, -0.2) is 64.3 Å². The molecule has 2 aliphatic heterocycles. The van der Waals surface area contributed by atoms with Crippen molar-refractivity contribution in [3.05, 3.63) is 90.1 Å². The standard InChI is InChI=1S/C29H24N8O3S/c38-25-24(32-22(18-8-2-1-3-9-18)19-10-4-5-11-20(19)31-25)34-29-36-35-26(40-29)23-28(37-14-16-39-17-15-37)41-27(33-23)21-12-6-7-13-30-21/h1-13,24H,14-17H2,(H,31,38)(H,34,36)/t24-/m1/s1. The number of benzene rings is 2. The number of carbonyl (C=O) groups is 1. The van der Waals surface area contributed by atoms with E-state index in [0.29, 0.717) is 30.3 Å². The lowest BCUT2D eigenvalue weighted by atomic mass is 10.0. The highest BCUT2D eigenvalue weighted by Crippen LogP contribution is 2.40. The van der Waals surface area contributed by atoms with Crippen molar-refractivity contribution in [2.75, 3.05) is 41.8 Å². The number of hydrogen-bond acceptors (Lipinski definition) is 11. The molecule has 5 heterocycles. The number of ether oxygens (including phenoxy) is 1. The summed E-state index contributed by atoms with van der Waals surface area (Å²) in [5, 5.41) is 16.1. The molecule has 1 amide bonds. The topological polar surface area (TPSA) is 131 Å². The van der Waals surface area contributed by atoms with Gasteiger partial charge >= 0.3 is 6.01 Å². The third-order valence-corrected chi connectivity index (χ3v) is 7.81. The quantitative estimate of drug-likeness (QED) is 0.310. The Hall–Kier alpha value is -4.94. The van der Waals surface area contributed by atoms with Crippen LogP contribution >= 0.6 is 11.3 Å². The minimum absolute atomic E-state index is 0.0579. The smallest absolute Gasteiger partial charge is 0.317 e. The lowest BCUT2D eigenvalue weighted by molar-refractivity contribution is -0.116. The molecular formula is C29H24N8O3S. The van der Waals surface area contributed by atoms with E-state index in [2.05, 4.69) is 30.7 Å². The number of benzodiazepines with no additional fused rings is 1. The van der Waals surface area contributed by atoms with Crippen LogP contribution in [0, 0.1) is 0 Å². The van der Waals surface area contributed by atoms with E-state index in [1.807, 2.05) is 72.8 Å². The van der Waals surface area contributed by atoms with E-state index in [4.69, 9.17) is 19.1 Å². The van der Waals surface area contributed by atoms with Crippen LogP contribution in [0.3, 0.4) is 0 Å². The Labute approximate surface area is 239 Å². The predicted molar refractivity (Wildman–Crippen MR) is 156 cm³/mol. The molecule has 1 saturated heterocycles. The Kier molecular flexibility index (Phi) is 6.67. The highest BCUT2D eigenvalue weighted by molar-refractivity contribution is 7.19. The Morgan fingerprint density at radius 2 is 1.76 bits per heavy atom. The Morgan fingerprint density at radius 1 is 0.951 bits per heavy atom. The highest BCUT2D eigenvalue weighted by atomic mass is 32.1. The second kappa shape index (κ2) is 10.9. The number of carbonyl (C=O) groups excluding carboxylic acids is 1. The Balaban J connectivity index is 1.23. The Bertz CT molecular complexity index is 1710. The maximum absolute atomic E-state index is 13.2. The normalized spacial score (nSPS) is 16.9. The largest absolute Gasteiger partial charge is 0.402 e. The number of thiazole rings is 1. The molecule has 0 aliphatic carbocycles. The van der Waals surface area contributed by atoms with E-state index < -0.39 is 6.17 Å². The molecular weight excluding hydrogens is 540 g/mol. The predicted octanol–water partition coefficient (Wildman–Crippen LogP) is 4.32. The van der Waals surface area contributed by atoms with Crippen molar-refractivity contribution >= 4 is 39.7 Å². The van der Waals surface area contributed by atoms with Crippen LogP contribution < -0.4 is 15.5 Å². The highest BCUT2D eigenvalue weighted by Gasteiger charge is 2.29. The molecule has 2 aromatic carbocycles. The maximum Gasteiger partial charge on any atom is 0.317 e. The molecule has 2 N–H and O–H groups in total. The van der Waals surface area contributed by atoms with E-state index >= 15 is 0 Å². The number of fused-ring (bicyclic) bond motifs is 1. The summed E-state index contributed by atoms with van der Waals surface area (Å²) in [5.41, 5.74) is 4.37. The first-order chi connectivity index (χ1) is 20.2. The van der Waals surface area contributed by atoms with Crippen LogP contribution in [0.4, 0.5) is 16.7 Å². The van der Waals surface area contributed by atoms with Crippen molar-refractivity contribution < 1.29 is 13.9 Å². The van der Waals surface area contributed by atoms with Crippen LogP contribution in [-0.2, 0) is 9.53 Å². The van der Waals surface area contributed by atoms with Crippen LogP contribution in [0.5, 0.6) is 0 Å². The molecule has 204 valence electrons. The van der Waals surface area contributed by atoms with Gasteiger partial charge in [0.25, 0.3) is 11.8 Å². The first-order valence-electron chi connectivity index (χ1n) is 13.1. The van der Waals surface area contributed by atoms with Gasteiger partial charge < -0.3 is 24.7 Å². The second-order valence-corrected chi connectivity index (χ2v) is 10.3. The molecule has 7 rings (SSSR count). The van der Waals surface area contributed by atoms with Gasteiger partial charge in [-0.1, -0.05) is 71.0 Å². The summed E-state index contributed by atoms with van der Waals surface area (Å²) >= 11 is 1.52. The summed E-state index contributed by atoms with van der Waals surface area (Å²) in [6, 6.07) is 23.1. The fourth-order valence-electron chi connectivity index (χ4n) is 4.71. The summed E-state index contributed by atoms with van der Waals surface area (Å²) in [6.45, 7) is 2.67. The number of para-hydroxylation sites is 1. The number of morpholine rings is 1. The number of nitrogens with zero attached hydrogens (tertiary/aromatic N) is 6. The van der Waals surface area contributed by atoms with Crippen molar-refractivity contribution in [2.45, 2.75) is 6.17 Å². The van der Waals surface area contributed by atoms with Gasteiger partial charge in [-0.05, 0) is 18.2 Å². The number of aliphatic imine (C=N–C) groups is 1. The third kappa shape index (κ3) is 5.06. The van der Waals surface area contributed by atoms with Gasteiger partial charge in [0, 0.05) is 30.4 Å². The zero-order valence-electron chi connectivity index (χ0n) is 21.7. The van der Waals surface area contributed by atoms with Crippen molar-refractivity contribution in [1.29, 1.82) is 0 Å². The molecule has 2 aliphatic rings. The summed E-state index contributed by atoms with van der Waals surface area (Å²) in [4.78, 5) is 29.5. The fraction of sp³-hybridized carbons (Fsp3) is 0.172. The molecule has 41 heavy (non-hydrogen) atoms. The second-order valence-electron chi connectivity index (χ2n) is 9.32. The average Bonchev–Trinajstić information content (AvgIpc) is 3.65. The number of pyridine rings is 1. The minimum atomic E-state index is -1.01. The number of aromatic nitrogens is 4. The van der Waals surface area contributed by atoms with E-state index in [0.717, 1.165) is 39.9 Å². The zero-order chi connectivity index (χ0) is 27.6. The van der Waals surface area contributed by atoms with Gasteiger partial charge in [0.15, 0.2) is 5.69 Å². The molecule has 5 aromatic rings. The molecule has 3 aromatic heterocycles. The number of amides is 1. The van der Waals surface area contributed by atoms with Crippen LogP contribution in [0.1, 0.15) is 11.1 Å². The molecule has 0 unspecified atom stereocenters. The van der Waals surface area contributed by atoms with E-state index in [9.17, 15) is 4.79 Å². The summed E-state index contributed by atoms with van der Waals surface area (Å²) in [7, 11) is 0. The van der Waals surface area contributed by atoms with Gasteiger partial charge in [0.2, 0.25) is 6.17 Å². The van der Waals surface area contributed by atoms with Gasteiger partial charge in [-0.3, -0.25) is 9.78 Å². The molecule has 0 saturated carbocycles. The van der Waals surface area contributed by atoms with Crippen LogP contribution in [0.2, 0.25) is 0 Å². The minimum Gasteiger partial charge on any atom is -0.402 e. The average molecular weight is 565 g/mol. The first kappa shape index (κ1) is 25.1. The fourth-order valence-corrected chi connectivity index (χ4v) is 5.79. The number of hydrogen-bond donors (Lipinski definition) is 2. The zero-order valence-corrected chi connectivity index (χ0v) is 22.5. The van der Waals surface area contributed by atoms with Gasteiger partial charge in [-0.15, -0.1) is 5.10 Å². The molecule has 1 fully saturated rings. The molecule has 11 nitrogen and oxygen atoms in total. The third-order valence-electron chi connectivity index (χ3n) is 6.67.